The molecule has 8 heteroatoms. The normalized spacial score (nSPS) is 11.2. The van der Waals surface area contributed by atoms with Crippen LogP contribution in [0.5, 0.6) is 11.5 Å². The molecule has 3 rings (SSSR count). The van der Waals surface area contributed by atoms with Gasteiger partial charge in [0.1, 0.15) is 11.5 Å². The van der Waals surface area contributed by atoms with Crippen LogP contribution in [0.15, 0.2) is 52.7 Å². The molecule has 0 radical (unpaired) electrons. The minimum absolute atomic E-state index is 0.0439. The zero-order valence-electron chi connectivity index (χ0n) is 13.4. The average Bonchev–Trinajstić information content (AvgIpc) is 2.91. The number of rotatable bonds is 5. The van der Waals surface area contributed by atoms with Crippen molar-refractivity contribution in [3.8, 4) is 11.5 Å². The SMILES string of the molecule is Cn1c(SCC(=O)N/N=C\c2ccc(O)cc2O)nc2ccccc21. The van der Waals surface area contributed by atoms with Gasteiger partial charge in [0.2, 0.25) is 0 Å². The van der Waals surface area contributed by atoms with Crippen LogP contribution in [-0.2, 0) is 11.8 Å². The Balaban J connectivity index is 1.57. The van der Waals surface area contributed by atoms with Crippen molar-refractivity contribution in [3.63, 3.8) is 0 Å². The van der Waals surface area contributed by atoms with E-state index in [1.165, 1.54) is 36.2 Å². The number of phenolic OH excluding ortho intramolecular Hbond substituents is 2. The molecule has 25 heavy (non-hydrogen) atoms. The van der Waals surface area contributed by atoms with Gasteiger partial charge in [0.15, 0.2) is 5.16 Å². The molecule has 0 fully saturated rings. The number of aryl methyl sites for hydroxylation is 1. The van der Waals surface area contributed by atoms with Crippen molar-refractivity contribution < 1.29 is 15.0 Å². The van der Waals surface area contributed by atoms with Gasteiger partial charge in [-0.05, 0) is 24.3 Å². The van der Waals surface area contributed by atoms with Crippen LogP contribution in [0.25, 0.3) is 11.0 Å². The van der Waals surface area contributed by atoms with E-state index in [1.807, 2.05) is 35.9 Å². The largest absolute Gasteiger partial charge is 0.508 e. The summed E-state index contributed by atoms with van der Waals surface area (Å²) in [4.78, 5) is 16.4. The van der Waals surface area contributed by atoms with E-state index in [2.05, 4.69) is 15.5 Å². The summed E-state index contributed by atoms with van der Waals surface area (Å²) in [5.74, 6) is -0.285. The van der Waals surface area contributed by atoms with Crippen LogP contribution in [0.4, 0.5) is 0 Å². The number of hydrazone groups is 1. The zero-order valence-corrected chi connectivity index (χ0v) is 14.2. The van der Waals surface area contributed by atoms with Crippen molar-refractivity contribution >= 4 is 34.9 Å². The number of aromatic hydroxyl groups is 2. The summed E-state index contributed by atoms with van der Waals surface area (Å²) in [6, 6.07) is 11.9. The van der Waals surface area contributed by atoms with Gasteiger partial charge in [0.25, 0.3) is 5.91 Å². The Labute approximate surface area is 148 Å². The average molecular weight is 356 g/mol. The van der Waals surface area contributed by atoms with Crippen LogP contribution in [-0.4, -0.2) is 37.6 Å². The van der Waals surface area contributed by atoms with Gasteiger partial charge in [-0.15, -0.1) is 0 Å². The van der Waals surface area contributed by atoms with Crippen molar-refractivity contribution in [3.05, 3.63) is 48.0 Å². The second kappa shape index (κ2) is 7.27. The summed E-state index contributed by atoms with van der Waals surface area (Å²) in [6.45, 7) is 0. The van der Waals surface area contributed by atoms with E-state index in [-0.39, 0.29) is 23.2 Å². The van der Waals surface area contributed by atoms with E-state index in [0.29, 0.717) is 5.56 Å². The molecule has 0 aliphatic rings. The first-order chi connectivity index (χ1) is 12.0. The summed E-state index contributed by atoms with van der Waals surface area (Å²) in [7, 11) is 1.90. The molecule has 7 nitrogen and oxygen atoms in total. The molecule has 1 aromatic heterocycles. The summed E-state index contributed by atoms with van der Waals surface area (Å²) in [5, 5.41) is 23.4. The molecular formula is C17H16N4O3S. The molecule has 0 atom stereocenters. The molecule has 0 aliphatic carbocycles. The number of nitrogens with one attached hydrogen (secondary N) is 1. The second-order valence-corrected chi connectivity index (χ2v) is 6.21. The van der Waals surface area contributed by atoms with E-state index >= 15 is 0 Å². The van der Waals surface area contributed by atoms with Crippen LogP contribution in [0.3, 0.4) is 0 Å². The molecule has 1 heterocycles. The van der Waals surface area contributed by atoms with Crippen molar-refractivity contribution in [1.82, 2.24) is 15.0 Å². The number of aromatic nitrogens is 2. The lowest BCUT2D eigenvalue weighted by Crippen LogP contribution is -2.19. The molecule has 1 amide bonds. The Bertz CT molecular complexity index is 952. The maximum atomic E-state index is 11.9. The molecule has 0 saturated heterocycles. The number of thioether (sulfide) groups is 1. The third-order valence-electron chi connectivity index (χ3n) is 3.49. The third kappa shape index (κ3) is 3.92. The molecule has 2 aromatic carbocycles. The topological polar surface area (TPSA) is 99.7 Å². The minimum atomic E-state index is -0.286. The lowest BCUT2D eigenvalue weighted by molar-refractivity contribution is -0.118. The van der Waals surface area contributed by atoms with Gasteiger partial charge >= 0.3 is 0 Å². The predicted molar refractivity (Wildman–Crippen MR) is 96.9 cm³/mol. The fourth-order valence-electron chi connectivity index (χ4n) is 2.23. The minimum Gasteiger partial charge on any atom is -0.508 e. The maximum Gasteiger partial charge on any atom is 0.250 e. The molecule has 128 valence electrons. The number of nitrogens with zero attached hydrogens (tertiary/aromatic N) is 3. The first-order valence-electron chi connectivity index (χ1n) is 7.43. The highest BCUT2D eigenvalue weighted by molar-refractivity contribution is 7.99. The van der Waals surface area contributed by atoms with Crippen LogP contribution in [0.1, 0.15) is 5.56 Å². The number of carbonyl (C=O) groups is 1. The van der Waals surface area contributed by atoms with Crippen molar-refractivity contribution in [1.29, 1.82) is 0 Å². The summed E-state index contributed by atoms with van der Waals surface area (Å²) < 4.78 is 1.94. The Morgan fingerprint density at radius 1 is 1.32 bits per heavy atom. The van der Waals surface area contributed by atoms with E-state index in [4.69, 9.17) is 0 Å². The van der Waals surface area contributed by atoms with Gasteiger partial charge in [0.05, 0.1) is 23.0 Å². The lowest BCUT2D eigenvalue weighted by atomic mass is 10.2. The highest BCUT2D eigenvalue weighted by Gasteiger charge is 2.09. The summed E-state index contributed by atoms with van der Waals surface area (Å²) >= 11 is 1.32. The standard InChI is InChI=1S/C17H16N4O3S/c1-21-14-5-3-2-4-13(14)19-17(21)25-10-16(24)20-18-9-11-6-7-12(22)8-15(11)23/h2-9,22-23H,10H2,1H3,(H,20,24)/b18-9-. The quantitative estimate of drug-likeness (QED) is 0.370. The summed E-state index contributed by atoms with van der Waals surface area (Å²) in [5.41, 5.74) is 4.67. The van der Waals surface area contributed by atoms with Crippen LogP contribution in [0, 0.1) is 0 Å². The number of hydrogen-bond donors (Lipinski definition) is 3. The monoisotopic (exact) mass is 356 g/mol. The Hall–Kier alpha value is -3.00. The Morgan fingerprint density at radius 2 is 2.12 bits per heavy atom. The van der Waals surface area contributed by atoms with Gasteiger partial charge in [0, 0.05) is 18.7 Å². The van der Waals surface area contributed by atoms with Gasteiger partial charge in [-0.2, -0.15) is 5.10 Å². The van der Waals surface area contributed by atoms with E-state index in [0.717, 1.165) is 16.2 Å². The highest BCUT2D eigenvalue weighted by Crippen LogP contribution is 2.22. The smallest absolute Gasteiger partial charge is 0.250 e. The molecule has 0 aliphatic heterocycles. The molecule has 0 unspecified atom stereocenters. The first-order valence-corrected chi connectivity index (χ1v) is 8.41. The fourth-order valence-corrected chi connectivity index (χ4v) is 3.01. The van der Waals surface area contributed by atoms with Crippen LogP contribution >= 0.6 is 11.8 Å². The number of imidazole rings is 1. The highest BCUT2D eigenvalue weighted by atomic mass is 32.2. The number of para-hydroxylation sites is 2. The van der Waals surface area contributed by atoms with Gasteiger partial charge in [-0.3, -0.25) is 4.79 Å². The van der Waals surface area contributed by atoms with E-state index < -0.39 is 0 Å². The number of phenols is 2. The maximum absolute atomic E-state index is 11.9. The molecule has 0 bridgehead atoms. The second-order valence-electron chi connectivity index (χ2n) is 5.27. The zero-order chi connectivity index (χ0) is 17.8. The third-order valence-corrected chi connectivity index (χ3v) is 4.52. The predicted octanol–water partition coefficient (Wildman–Crippen LogP) is 2.23. The van der Waals surface area contributed by atoms with Crippen molar-refractivity contribution in [2.45, 2.75) is 5.16 Å². The molecule has 3 N–H and O–H groups in total. The molecule has 0 saturated carbocycles. The lowest BCUT2D eigenvalue weighted by Gasteiger charge is -2.02. The van der Waals surface area contributed by atoms with Crippen molar-refractivity contribution in [2.24, 2.45) is 12.1 Å². The number of amides is 1. The van der Waals surface area contributed by atoms with Gasteiger partial charge in [-0.1, -0.05) is 23.9 Å². The Morgan fingerprint density at radius 3 is 2.88 bits per heavy atom. The molecular weight excluding hydrogens is 340 g/mol. The number of fused-ring (bicyclic) bond motifs is 1. The number of benzene rings is 2. The van der Waals surface area contributed by atoms with E-state index in [9.17, 15) is 15.0 Å². The Kier molecular flexibility index (Phi) is 4.90. The van der Waals surface area contributed by atoms with Crippen LogP contribution in [0.2, 0.25) is 0 Å². The number of carbonyl (C=O) groups excluding carboxylic acids is 1. The fraction of sp³-hybridized carbons (Fsp3) is 0.118. The van der Waals surface area contributed by atoms with Crippen molar-refractivity contribution in [2.75, 3.05) is 5.75 Å². The number of hydrogen-bond acceptors (Lipinski definition) is 6. The van der Waals surface area contributed by atoms with Gasteiger partial charge < -0.3 is 14.8 Å². The van der Waals surface area contributed by atoms with E-state index in [1.54, 1.807) is 0 Å². The summed E-state index contributed by atoms with van der Waals surface area (Å²) in [6.07, 6.45) is 1.31. The first kappa shape index (κ1) is 16.8. The molecule has 3 aromatic rings. The van der Waals surface area contributed by atoms with Crippen LogP contribution < -0.4 is 5.43 Å². The molecule has 0 spiro atoms. The van der Waals surface area contributed by atoms with Gasteiger partial charge in [-0.25, -0.2) is 10.4 Å².